The van der Waals surface area contributed by atoms with Gasteiger partial charge in [-0.15, -0.1) is 0 Å². The largest absolute Gasteiger partial charge is 0.456 e. The molecule has 0 amide bonds. The average Bonchev–Trinajstić information content (AvgIpc) is 3.57. The van der Waals surface area contributed by atoms with Gasteiger partial charge < -0.3 is 9.64 Å². The summed E-state index contributed by atoms with van der Waals surface area (Å²) in [6.07, 6.45) is -4.39. The van der Waals surface area contributed by atoms with E-state index in [1.807, 2.05) is 48.5 Å². The van der Waals surface area contributed by atoms with Gasteiger partial charge in [-0.25, -0.2) is 0 Å². The Morgan fingerprint density at radius 2 is 0.949 bits per heavy atom. The van der Waals surface area contributed by atoms with Crippen molar-refractivity contribution in [2.24, 2.45) is 0 Å². The molecule has 2 aliphatic rings. The number of rotatable bonds is 5. The highest BCUT2D eigenvalue weighted by molar-refractivity contribution is 5.96. The summed E-state index contributed by atoms with van der Waals surface area (Å²) in [5.41, 5.74) is 12.2. The summed E-state index contributed by atoms with van der Waals surface area (Å²) in [7, 11) is 0. The zero-order chi connectivity index (χ0) is 39.7. The Bertz CT molecular complexity index is 3050. The smallest absolute Gasteiger partial charge is 0.416 e. The van der Waals surface area contributed by atoms with Gasteiger partial charge >= 0.3 is 6.18 Å². The molecule has 2 nitrogen and oxygen atoms in total. The lowest BCUT2D eigenvalue weighted by Gasteiger charge is -2.40. The molecule has 0 radical (unpaired) electrons. The number of benzene rings is 9. The van der Waals surface area contributed by atoms with Crippen molar-refractivity contribution in [2.45, 2.75) is 11.6 Å². The zero-order valence-corrected chi connectivity index (χ0v) is 31.6. The lowest BCUT2D eigenvalue weighted by Crippen LogP contribution is -2.32. The summed E-state index contributed by atoms with van der Waals surface area (Å²) < 4.78 is 47.0. The zero-order valence-electron chi connectivity index (χ0n) is 31.6. The van der Waals surface area contributed by atoms with Gasteiger partial charge in [-0.05, 0) is 104 Å². The molecule has 59 heavy (non-hydrogen) atoms. The highest BCUT2D eigenvalue weighted by atomic mass is 19.4. The Labute approximate surface area is 340 Å². The summed E-state index contributed by atoms with van der Waals surface area (Å²) in [6, 6.07) is 69.0. The lowest BCUT2D eigenvalue weighted by atomic mass is 9.65. The number of hydrogen-bond acceptors (Lipinski definition) is 2. The fourth-order valence-electron chi connectivity index (χ4n) is 9.29. The van der Waals surface area contributed by atoms with E-state index < -0.39 is 17.2 Å². The van der Waals surface area contributed by atoms with Crippen LogP contribution in [0.4, 0.5) is 30.2 Å². The van der Waals surface area contributed by atoms with Crippen LogP contribution in [0.2, 0.25) is 0 Å². The summed E-state index contributed by atoms with van der Waals surface area (Å²) >= 11 is 0. The first kappa shape index (κ1) is 34.8. The summed E-state index contributed by atoms with van der Waals surface area (Å²) in [5, 5.41) is 2.18. The first-order valence-electron chi connectivity index (χ1n) is 19.7. The van der Waals surface area contributed by atoms with Gasteiger partial charge in [0.25, 0.3) is 0 Å². The molecule has 1 aliphatic heterocycles. The highest BCUT2D eigenvalue weighted by Crippen LogP contribution is 2.63. The molecule has 0 saturated carbocycles. The molecule has 0 aromatic heterocycles. The normalized spacial score (nSPS) is 14.9. The minimum Gasteiger partial charge on any atom is -0.456 e. The molecule has 0 fully saturated rings. The maximum absolute atomic E-state index is 13.4. The van der Waals surface area contributed by atoms with Crippen LogP contribution in [0.25, 0.3) is 44.2 Å². The van der Waals surface area contributed by atoms with Crippen LogP contribution in [0, 0.1) is 0 Å². The Morgan fingerprint density at radius 3 is 1.64 bits per heavy atom. The number of nitrogens with zero attached hydrogens (tertiary/aromatic N) is 1. The predicted octanol–water partition coefficient (Wildman–Crippen LogP) is 15.1. The maximum atomic E-state index is 13.4. The highest BCUT2D eigenvalue weighted by Gasteiger charge is 2.51. The van der Waals surface area contributed by atoms with Crippen LogP contribution in [-0.2, 0) is 11.6 Å². The molecular weight excluding hydrogens is 736 g/mol. The SMILES string of the molecule is FC(F)(F)c1ccc(-c2ccc(N(c3ccc(-c4ccccc4)cc3)c3ccc4c(c3)C3(c5ccccc5Oc5c3ccc3ccccc53)c3ccccc3-4)cc2)cc1. The Kier molecular flexibility index (Phi) is 7.89. The van der Waals surface area contributed by atoms with Crippen LogP contribution in [0.5, 0.6) is 11.5 Å². The molecule has 282 valence electrons. The third-order valence-electron chi connectivity index (χ3n) is 12.0. The van der Waals surface area contributed by atoms with Gasteiger partial charge in [-0.3, -0.25) is 0 Å². The van der Waals surface area contributed by atoms with Gasteiger partial charge in [0.05, 0.1) is 11.0 Å². The number of alkyl halides is 3. The minimum absolute atomic E-state index is 0.664. The predicted molar refractivity (Wildman–Crippen MR) is 232 cm³/mol. The molecule has 1 unspecified atom stereocenters. The quantitative estimate of drug-likeness (QED) is 0.173. The monoisotopic (exact) mass is 769 g/mol. The Balaban J connectivity index is 1.12. The van der Waals surface area contributed by atoms with Gasteiger partial charge in [-0.2, -0.15) is 13.2 Å². The maximum Gasteiger partial charge on any atom is 0.416 e. The number of hydrogen-bond donors (Lipinski definition) is 0. The van der Waals surface area contributed by atoms with Crippen molar-refractivity contribution in [2.75, 3.05) is 4.90 Å². The topological polar surface area (TPSA) is 12.5 Å². The molecule has 1 aliphatic carbocycles. The van der Waals surface area contributed by atoms with Crippen molar-refractivity contribution in [1.82, 2.24) is 0 Å². The van der Waals surface area contributed by atoms with Crippen LogP contribution in [0.15, 0.2) is 206 Å². The van der Waals surface area contributed by atoms with Crippen LogP contribution in [0.1, 0.15) is 27.8 Å². The van der Waals surface area contributed by atoms with E-state index in [9.17, 15) is 13.2 Å². The van der Waals surface area contributed by atoms with Crippen LogP contribution in [0.3, 0.4) is 0 Å². The van der Waals surface area contributed by atoms with Crippen LogP contribution in [-0.4, -0.2) is 0 Å². The molecule has 11 rings (SSSR count). The molecule has 0 saturated heterocycles. The molecular formula is C54H34F3NO. The third-order valence-corrected chi connectivity index (χ3v) is 12.0. The second-order valence-electron chi connectivity index (χ2n) is 15.2. The van der Waals surface area contributed by atoms with Crippen molar-refractivity contribution in [3.05, 3.63) is 234 Å². The molecule has 1 heterocycles. The van der Waals surface area contributed by atoms with E-state index in [-0.39, 0.29) is 0 Å². The van der Waals surface area contributed by atoms with E-state index in [2.05, 4.69) is 138 Å². The van der Waals surface area contributed by atoms with Crippen molar-refractivity contribution >= 4 is 27.8 Å². The van der Waals surface area contributed by atoms with Crippen molar-refractivity contribution in [3.63, 3.8) is 0 Å². The first-order valence-corrected chi connectivity index (χ1v) is 19.7. The Hall–Kier alpha value is -7.37. The standard InChI is InChI=1S/C54H34F3NO/c55-54(56,57)40-25-18-36(19-26-40)38-22-29-42(30-23-38)58(41-27-20-37(21-28-41)35-10-2-1-3-11-35)43-31-32-46-45-14-6-7-15-47(45)53(50(46)34-43)48-16-8-9-17-51(48)59-52-44-13-5-4-12-39(44)24-33-49(52)53/h1-34H. The van der Waals surface area contributed by atoms with E-state index in [0.29, 0.717) is 5.56 Å². The number of halogens is 3. The van der Waals surface area contributed by atoms with E-state index in [1.54, 1.807) is 0 Å². The average molecular weight is 770 g/mol. The van der Waals surface area contributed by atoms with Gasteiger partial charge in [0.2, 0.25) is 0 Å². The van der Waals surface area contributed by atoms with Gasteiger partial charge in [-0.1, -0.05) is 152 Å². The fourth-order valence-corrected chi connectivity index (χ4v) is 9.29. The number of ether oxygens (including phenoxy) is 1. The fraction of sp³-hybridized carbons (Fsp3) is 0.0370. The molecule has 1 atom stereocenters. The molecule has 1 spiro atoms. The second-order valence-corrected chi connectivity index (χ2v) is 15.2. The van der Waals surface area contributed by atoms with Crippen molar-refractivity contribution in [3.8, 4) is 44.9 Å². The molecule has 0 bridgehead atoms. The van der Waals surface area contributed by atoms with E-state index >= 15 is 0 Å². The van der Waals surface area contributed by atoms with E-state index in [4.69, 9.17) is 4.74 Å². The molecule has 5 heteroatoms. The minimum atomic E-state index is -4.39. The van der Waals surface area contributed by atoms with Gasteiger partial charge in [0.15, 0.2) is 0 Å². The van der Waals surface area contributed by atoms with Crippen LogP contribution < -0.4 is 9.64 Å². The summed E-state index contributed by atoms with van der Waals surface area (Å²) in [4.78, 5) is 2.26. The van der Waals surface area contributed by atoms with E-state index in [0.717, 1.165) is 90.4 Å². The second kappa shape index (κ2) is 13.4. The molecule has 9 aromatic rings. The van der Waals surface area contributed by atoms with Crippen molar-refractivity contribution < 1.29 is 17.9 Å². The first-order chi connectivity index (χ1) is 28.9. The van der Waals surface area contributed by atoms with Crippen LogP contribution >= 0.6 is 0 Å². The van der Waals surface area contributed by atoms with Gasteiger partial charge in [0, 0.05) is 33.6 Å². The van der Waals surface area contributed by atoms with Gasteiger partial charge in [0.1, 0.15) is 11.5 Å². The molecule has 9 aromatic carbocycles. The number of fused-ring (bicyclic) bond motifs is 11. The third kappa shape index (κ3) is 5.49. The number of anilines is 3. The lowest BCUT2D eigenvalue weighted by molar-refractivity contribution is -0.137. The molecule has 0 N–H and O–H groups in total. The van der Waals surface area contributed by atoms with Crippen molar-refractivity contribution in [1.29, 1.82) is 0 Å². The summed E-state index contributed by atoms with van der Waals surface area (Å²) in [5.74, 6) is 1.69. The Morgan fingerprint density at radius 1 is 0.407 bits per heavy atom. The number of para-hydroxylation sites is 1. The summed E-state index contributed by atoms with van der Waals surface area (Å²) in [6.45, 7) is 0. The van der Waals surface area contributed by atoms with E-state index in [1.165, 1.54) is 23.3 Å².